The second-order valence-electron chi connectivity index (χ2n) is 7.47. The van der Waals surface area contributed by atoms with Crippen LogP contribution < -0.4 is 19.7 Å². The first kappa shape index (κ1) is 23.7. The first-order chi connectivity index (χ1) is 16.5. The first-order valence-corrected chi connectivity index (χ1v) is 12.6. The van der Waals surface area contributed by atoms with E-state index >= 15 is 0 Å². The SMILES string of the molecule is CCOc1ccc(S(=O)(=O)N2CCN(c3cc(Nc4ccccn4)ncn3)CC2)c(OCC)c1. The van der Waals surface area contributed by atoms with Crippen molar-refractivity contribution in [3.63, 3.8) is 0 Å². The average Bonchev–Trinajstić information content (AvgIpc) is 2.85. The molecule has 180 valence electrons. The van der Waals surface area contributed by atoms with E-state index in [-0.39, 0.29) is 4.90 Å². The number of piperazine rings is 1. The highest BCUT2D eigenvalue weighted by molar-refractivity contribution is 7.89. The van der Waals surface area contributed by atoms with Crippen molar-refractivity contribution in [1.29, 1.82) is 0 Å². The number of hydrogen-bond acceptors (Lipinski definition) is 9. The van der Waals surface area contributed by atoms with Crippen LogP contribution in [0.3, 0.4) is 0 Å². The Morgan fingerprint density at radius 1 is 0.912 bits per heavy atom. The topological polar surface area (TPSA) is 110 Å². The Morgan fingerprint density at radius 3 is 2.41 bits per heavy atom. The van der Waals surface area contributed by atoms with Gasteiger partial charge >= 0.3 is 0 Å². The zero-order valence-corrected chi connectivity index (χ0v) is 20.0. The van der Waals surface area contributed by atoms with Gasteiger partial charge in [-0.25, -0.2) is 23.4 Å². The molecular weight excluding hydrogens is 456 g/mol. The Kier molecular flexibility index (Phi) is 7.43. The maximum Gasteiger partial charge on any atom is 0.246 e. The number of benzene rings is 1. The number of nitrogens with zero attached hydrogens (tertiary/aromatic N) is 5. The molecule has 1 fully saturated rings. The predicted octanol–water partition coefficient (Wildman–Crippen LogP) is 2.92. The van der Waals surface area contributed by atoms with Crippen molar-refractivity contribution in [3.05, 3.63) is 55.0 Å². The molecule has 0 aliphatic carbocycles. The van der Waals surface area contributed by atoms with Crippen LogP contribution in [0.5, 0.6) is 11.5 Å². The van der Waals surface area contributed by atoms with Gasteiger partial charge < -0.3 is 19.7 Å². The van der Waals surface area contributed by atoms with E-state index in [2.05, 4.69) is 20.3 Å². The van der Waals surface area contributed by atoms with Gasteiger partial charge in [0.25, 0.3) is 0 Å². The molecule has 0 saturated carbocycles. The highest BCUT2D eigenvalue weighted by Gasteiger charge is 2.31. The molecule has 0 spiro atoms. The van der Waals surface area contributed by atoms with E-state index in [9.17, 15) is 8.42 Å². The van der Waals surface area contributed by atoms with Gasteiger partial charge in [-0.1, -0.05) is 6.07 Å². The van der Waals surface area contributed by atoms with Crippen LogP contribution in [-0.4, -0.2) is 67.1 Å². The Hall–Kier alpha value is -3.44. The van der Waals surface area contributed by atoms with Crippen LogP contribution in [0.4, 0.5) is 17.5 Å². The van der Waals surface area contributed by atoms with E-state index in [1.807, 2.05) is 43.0 Å². The van der Waals surface area contributed by atoms with Gasteiger partial charge in [0, 0.05) is 44.5 Å². The van der Waals surface area contributed by atoms with E-state index in [1.54, 1.807) is 24.4 Å². The number of anilines is 3. The summed E-state index contributed by atoms with van der Waals surface area (Å²) in [7, 11) is -3.73. The smallest absolute Gasteiger partial charge is 0.246 e. The lowest BCUT2D eigenvalue weighted by Crippen LogP contribution is -2.49. The zero-order chi connectivity index (χ0) is 24.0. The molecule has 10 nitrogen and oxygen atoms in total. The molecule has 1 saturated heterocycles. The first-order valence-electron chi connectivity index (χ1n) is 11.2. The summed E-state index contributed by atoms with van der Waals surface area (Å²) in [5.41, 5.74) is 0. The van der Waals surface area contributed by atoms with Crippen molar-refractivity contribution in [3.8, 4) is 11.5 Å². The maximum atomic E-state index is 13.4. The number of pyridine rings is 1. The van der Waals surface area contributed by atoms with E-state index in [0.29, 0.717) is 62.5 Å². The molecule has 11 heteroatoms. The summed E-state index contributed by atoms with van der Waals surface area (Å²) in [6.07, 6.45) is 3.18. The molecule has 0 unspecified atom stereocenters. The fourth-order valence-corrected chi connectivity index (χ4v) is 5.21. The molecule has 1 aliphatic heterocycles. The van der Waals surface area contributed by atoms with E-state index in [4.69, 9.17) is 9.47 Å². The largest absolute Gasteiger partial charge is 0.494 e. The summed E-state index contributed by atoms with van der Waals surface area (Å²) >= 11 is 0. The molecule has 1 aliphatic rings. The van der Waals surface area contributed by atoms with Gasteiger partial charge in [0.15, 0.2) is 0 Å². The zero-order valence-electron chi connectivity index (χ0n) is 19.2. The quantitative estimate of drug-likeness (QED) is 0.490. The Balaban J connectivity index is 1.46. The fraction of sp³-hybridized carbons (Fsp3) is 0.348. The van der Waals surface area contributed by atoms with Crippen LogP contribution in [-0.2, 0) is 10.0 Å². The van der Waals surface area contributed by atoms with Crippen molar-refractivity contribution in [1.82, 2.24) is 19.3 Å². The van der Waals surface area contributed by atoms with Gasteiger partial charge in [0.2, 0.25) is 10.0 Å². The Bertz CT molecular complexity index is 1200. The third-order valence-corrected chi connectivity index (χ3v) is 7.22. The van der Waals surface area contributed by atoms with Gasteiger partial charge in [-0.05, 0) is 38.1 Å². The normalized spacial score (nSPS) is 14.6. The number of aromatic nitrogens is 3. The Morgan fingerprint density at radius 2 is 1.71 bits per heavy atom. The summed E-state index contributed by atoms with van der Waals surface area (Å²) < 4.78 is 39.4. The Labute approximate surface area is 199 Å². The summed E-state index contributed by atoms with van der Waals surface area (Å²) in [6.45, 7) is 6.19. The van der Waals surface area contributed by atoms with E-state index in [1.165, 1.54) is 10.6 Å². The molecule has 0 amide bonds. The van der Waals surface area contributed by atoms with Gasteiger partial charge in [0.05, 0.1) is 13.2 Å². The van der Waals surface area contributed by atoms with Gasteiger partial charge in [-0.2, -0.15) is 4.31 Å². The summed E-state index contributed by atoms with van der Waals surface area (Å²) in [6, 6.07) is 12.3. The predicted molar refractivity (Wildman–Crippen MR) is 129 cm³/mol. The van der Waals surface area contributed by atoms with Crippen LogP contribution in [0.15, 0.2) is 59.9 Å². The molecular formula is C23H28N6O4S. The van der Waals surface area contributed by atoms with Crippen LogP contribution in [0.1, 0.15) is 13.8 Å². The van der Waals surface area contributed by atoms with Crippen molar-refractivity contribution < 1.29 is 17.9 Å². The molecule has 34 heavy (non-hydrogen) atoms. The number of nitrogens with one attached hydrogen (secondary N) is 1. The van der Waals surface area contributed by atoms with Crippen LogP contribution in [0.25, 0.3) is 0 Å². The van der Waals surface area contributed by atoms with Crippen molar-refractivity contribution in [2.45, 2.75) is 18.7 Å². The lowest BCUT2D eigenvalue weighted by molar-refractivity contribution is 0.314. The fourth-order valence-electron chi connectivity index (χ4n) is 3.68. The van der Waals surface area contributed by atoms with E-state index in [0.717, 1.165) is 5.82 Å². The van der Waals surface area contributed by atoms with Crippen LogP contribution in [0.2, 0.25) is 0 Å². The lowest BCUT2D eigenvalue weighted by atomic mass is 10.3. The lowest BCUT2D eigenvalue weighted by Gasteiger charge is -2.34. The van der Waals surface area contributed by atoms with Crippen LogP contribution >= 0.6 is 0 Å². The highest BCUT2D eigenvalue weighted by Crippen LogP contribution is 2.32. The molecule has 0 bridgehead atoms. The maximum absolute atomic E-state index is 13.4. The summed E-state index contributed by atoms with van der Waals surface area (Å²) in [5.74, 6) is 2.91. The number of rotatable bonds is 9. The van der Waals surface area contributed by atoms with Crippen molar-refractivity contribution in [2.24, 2.45) is 0 Å². The van der Waals surface area contributed by atoms with Crippen LogP contribution in [0, 0.1) is 0 Å². The molecule has 2 aromatic heterocycles. The number of ether oxygens (including phenoxy) is 2. The van der Waals surface area contributed by atoms with Gasteiger partial charge in [-0.3, -0.25) is 0 Å². The molecule has 0 radical (unpaired) electrons. The molecule has 4 rings (SSSR count). The minimum atomic E-state index is -3.73. The minimum Gasteiger partial charge on any atom is -0.494 e. The standard InChI is InChI=1S/C23H28N6O4S/c1-3-32-18-8-9-20(19(15-18)33-4-2)34(30,31)29-13-11-28(12-14-29)23-16-22(25-17-26-23)27-21-7-5-6-10-24-21/h5-10,15-17H,3-4,11-14H2,1-2H3,(H,24,25,26,27). The second kappa shape index (κ2) is 10.7. The molecule has 3 aromatic rings. The second-order valence-corrected chi connectivity index (χ2v) is 9.37. The minimum absolute atomic E-state index is 0.148. The average molecular weight is 485 g/mol. The molecule has 3 heterocycles. The molecule has 1 aromatic carbocycles. The monoisotopic (exact) mass is 484 g/mol. The summed E-state index contributed by atoms with van der Waals surface area (Å²) in [4.78, 5) is 15.0. The van der Waals surface area contributed by atoms with E-state index < -0.39 is 10.0 Å². The highest BCUT2D eigenvalue weighted by atomic mass is 32.2. The number of hydrogen-bond donors (Lipinski definition) is 1. The third-order valence-electron chi connectivity index (χ3n) is 5.28. The molecule has 1 N–H and O–H groups in total. The third kappa shape index (κ3) is 5.37. The van der Waals surface area contributed by atoms with Crippen molar-refractivity contribution in [2.75, 3.05) is 49.6 Å². The van der Waals surface area contributed by atoms with Crippen molar-refractivity contribution >= 4 is 27.5 Å². The summed E-state index contributed by atoms with van der Waals surface area (Å²) in [5, 5.41) is 3.15. The van der Waals surface area contributed by atoms with Gasteiger partial charge in [0.1, 0.15) is 40.2 Å². The van der Waals surface area contributed by atoms with Gasteiger partial charge in [-0.15, -0.1) is 0 Å². The molecule has 0 atom stereocenters. The number of sulfonamides is 1.